The minimum atomic E-state index is -1.06. The van der Waals surface area contributed by atoms with Crippen LogP contribution in [-0.2, 0) is 9.59 Å². The molecule has 1 saturated heterocycles. The average Bonchev–Trinajstić information content (AvgIpc) is 3.16. The van der Waals surface area contributed by atoms with E-state index in [1.165, 1.54) is 15.9 Å². The molecule has 1 aliphatic rings. The van der Waals surface area contributed by atoms with Crippen LogP contribution in [0.3, 0.4) is 0 Å². The molecular formula is C22H25F3N3O2+. The lowest BCUT2D eigenvalue weighted by molar-refractivity contribution is -0.409. The van der Waals surface area contributed by atoms with Gasteiger partial charge in [0.15, 0.2) is 17.7 Å². The third-order valence-electron chi connectivity index (χ3n) is 5.39. The van der Waals surface area contributed by atoms with Gasteiger partial charge in [-0.05, 0) is 35.2 Å². The van der Waals surface area contributed by atoms with Gasteiger partial charge < -0.3 is 15.5 Å². The third kappa shape index (κ3) is 4.48. The van der Waals surface area contributed by atoms with Gasteiger partial charge in [0.05, 0.1) is 6.54 Å². The molecule has 3 rings (SSSR count). The van der Waals surface area contributed by atoms with Crippen molar-refractivity contribution in [1.82, 2.24) is 9.80 Å². The summed E-state index contributed by atoms with van der Waals surface area (Å²) in [5.74, 6) is -3.37. The topological polar surface area (TPSA) is 68.3 Å². The second-order valence-corrected chi connectivity index (χ2v) is 7.74. The van der Waals surface area contributed by atoms with Gasteiger partial charge >= 0.3 is 0 Å². The lowest BCUT2D eigenvalue weighted by Gasteiger charge is -2.26. The Morgan fingerprint density at radius 1 is 1.07 bits per heavy atom. The number of halogens is 3. The minimum absolute atomic E-state index is 0.0167. The Kier molecular flexibility index (Phi) is 6.45. The van der Waals surface area contributed by atoms with Gasteiger partial charge in [0, 0.05) is 20.6 Å². The van der Waals surface area contributed by atoms with Crippen molar-refractivity contribution in [2.75, 3.05) is 27.2 Å². The zero-order valence-electron chi connectivity index (χ0n) is 16.9. The third-order valence-corrected chi connectivity index (χ3v) is 5.39. The molecule has 8 heteroatoms. The summed E-state index contributed by atoms with van der Waals surface area (Å²) < 4.78 is 40.2. The first-order valence-electron chi connectivity index (χ1n) is 9.71. The normalized spacial score (nSPS) is 18.2. The molecule has 2 aromatic rings. The molecule has 1 heterocycles. The highest BCUT2D eigenvalue weighted by atomic mass is 19.2. The van der Waals surface area contributed by atoms with Gasteiger partial charge in [-0.3, -0.25) is 9.59 Å². The van der Waals surface area contributed by atoms with E-state index in [-0.39, 0.29) is 24.8 Å². The Morgan fingerprint density at radius 3 is 2.23 bits per heavy atom. The fourth-order valence-corrected chi connectivity index (χ4v) is 3.68. The van der Waals surface area contributed by atoms with Gasteiger partial charge in [-0.25, -0.2) is 13.2 Å². The van der Waals surface area contributed by atoms with Gasteiger partial charge in [-0.15, -0.1) is 0 Å². The number of likely N-dealkylation sites (tertiary alicyclic amines) is 1. The van der Waals surface area contributed by atoms with Crippen molar-refractivity contribution < 1.29 is 28.5 Å². The summed E-state index contributed by atoms with van der Waals surface area (Å²) in [6.07, 6.45) is -0.771. The van der Waals surface area contributed by atoms with E-state index in [0.717, 1.165) is 12.1 Å². The highest BCUT2D eigenvalue weighted by Crippen LogP contribution is 2.27. The summed E-state index contributed by atoms with van der Waals surface area (Å²) in [5, 5.41) is 0. The lowest BCUT2D eigenvalue weighted by Crippen LogP contribution is -2.71. The number of amides is 2. The number of hydrogen-bond donors (Lipinski definition) is 1. The van der Waals surface area contributed by atoms with Crippen molar-refractivity contribution in [1.29, 1.82) is 0 Å². The van der Waals surface area contributed by atoms with Crippen LogP contribution < -0.4 is 5.73 Å². The Bertz CT molecular complexity index is 934. The maximum absolute atomic E-state index is 13.5. The second-order valence-electron chi connectivity index (χ2n) is 7.74. The molecule has 0 radical (unpaired) electrons. The molecule has 0 aromatic heterocycles. The van der Waals surface area contributed by atoms with Crippen LogP contribution in [0.25, 0.3) is 11.1 Å². The summed E-state index contributed by atoms with van der Waals surface area (Å²) in [6.45, 7) is 0.326. The molecule has 0 aliphatic carbocycles. The van der Waals surface area contributed by atoms with Crippen LogP contribution in [0.15, 0.2) is 42.5 Å². The van der Waals surface area contributed by atoms with Crippen LogP contribution >= 0.6 is 0 Å². The van der Waals surface area contributed by atoms with E-state index >= 15 is 0 Å². The summed E-state index contributed by atoms with van der Waals surface area (Å²) in [5.41, 5.74) is 5.64. The summed E-state index contributed by atoms with van der Waals surface area (Å²) in [6, 6.07) is 9.41. The van der Waals surface area contributed by atoms with Crippen molar-refractivity contribution >= 4 is 11.8 Å². The van der Waals surface area contributed by atoms with Crippen LogP contribution in [-0.4, -0.2) is 61.0 Å². The predicted octanol–water partition coefficient (Wildman–Crippen LogP) is 1.98. The first kappa shape index (κ1) is 21.8. The van der Waals surface area contributed by atoms with Crippen molar-refractivity contribution in [3.8, 4) is 11.1 Å². The smallest absolute Gasteiger partial charge is 0.282 e. The van der Waals surface area contributed by atoms with Crippen molar-refractivity contribution in [3.63, 3.8) is 0 Å². The van der Waals surface area contributed by atoms with Crippen LogP contribution in [0.5, 0.6) is 0 Å². The molecule has 2 aromatic carbocycles. The monoisotopic (exact) mass is 420 g/mol. The molecule has 30 heavy (non-hydrogen) atoms. The van der Waals surface area contributed by atoms with Crippen molar-refractivity contribution in [2.45, 2.75) is 24.6 Å². The van der Waals surface area contributed by atoms with Crippen LogP contribution in [0.4, 0.5) is 13.2 Å². The van der Waals surface area contributed by atoms with E-state index in [1.807, 2.05) is 0 Å². The van der Waals surface area contributed by atoms with Gasteiger partial charge in [0.25, 0.3) is 5.91 Å². The fourth-order valence-electron chi connectivity index (χ4n) is 3.68. The molecule has 0 spiro atoms. The molecule has 3 atom stereocenters. The molecule has 0 bridgehead atoms. The Morgan fingerprint density at radius 2 is 1.70 bits per heavy atom. The molecule has 0 saturated carbocycles. The van der Waals surface area contributed by atoms with Crippen LogP contribution in [0, 0.1) is 11.6 Å². The van der Waals surface area contributed by atoms with Gasteiger partial charge in [0.2, 0.25) is 5.91 Å². The lowest BCUT2D eigenvalue weighted by atomic mass is 9.88. The zero-order chi connectivity index (χ0) is 22.0. The number of nitrogens with zero attached hydrogens (tertiary/aromatic N) is 2. The van der Waals surface area contributed by atoms with Gasteiger partial charge in [-0.2, -0.15) is 0 Å². The summed E-state index contributed by atoms with van der Waals surface area (Å²) >= 11 is 0. The first-order valence-corrected chi connectivity index (χ1v) is 9.71. The standard InChI is InChI=1S/C22H24F3N3O2/c1-27(2)21(29)19(20(26)22(30)28-10-9-16(23)12-28)14-5-3-13(4-6-14)15-7-8-17(24)18(25)11-15/h3-8,11,16,19-20H,9-10,12,26H2,1-2H3/p+1/t16-,19-,20-/m0/s1. The Balaban J connectivity index is 1.89. The number of carbonyl (C=O) groups is 2. The average molecular weight is 420 g/mol. The molecule has 3 N–H and O–H groups in total. The molecule has 1 aliphatic heterocycles. The SMILES string of the molecule is CN(C)C(=O)[C@@H](c1ccc(-c2ccc(F)c(F)c2)cc1)[C@H]([NH3+])C(=O)N1CC[C@H](F)C1. The first-order chi connectivity index (χ1) is 14.2. The maximum Gasteiger partial charge on any atom is 0.282 e. The summed E-state index contributed by atoms with van der Waals surface area (Å²) in [4.78, 5) is 28.5. The molecule has 2 amide bonds. The number of hydrogen-bond acceptors (Lipinski definition) is 2. The highest BCUT2D eigenvalue weighted by Gasteiger charge is 2.40. The van der Waals surface area contributed by atoms with E-state index in [1.54, 1.807) is 38.4 Å². The number of alkyl halides is 1. The minimum Gasteiger partial charge on any atom is -0.348 e. The Hall–Kier alpha value is -2.87. The molecule has 0 unspecified atom stereocenters. The van der Waals surface area contributed by atoms with E-state index in [0.29, 0.717) is 23.2 Å². The van der Waals surface area contributed by atoms with E-state index in [4.69, 9.17) is 0 Å². The number of rotatable bonds is 5. The van der Waals surface area contributed by atoms with Crippen molar-refractivity contribution in [2.24, 2.45) is 0 Å². The number of carbonyl (C=O) groups excluding carboxylic acids is 2. The zero-order valence-corrected chi connectivity index (χ0v) is 16.9. The second kappa shape index (κ2) is 8.87. The molecule has 160 valence electrons. The molecule has 1 fully saturated rings. The maximum atomic E-state index is 13.5. The predicted molar refractivity (Wildman–Crippen MR) is 106 cm³/mol. The number of quaternary nitrogens is 1. The highest BCUT2D eigenvalue weighted by molar-refractivity contribution is 5.92. The van der Waals surface area contributed by atoms with Gasteiger partial charge in [0.1, 0.15) is 12.1 Å². The van der Waals surface area contributed by atoms with E-state index < -0.39 is 29.8 Å². The Labute approximate surface area is 173 Å². The van der Waals surface area contributed by atoms with Crippen LogP contribution in [0.1, 0.15) is 17.9 Å². The number of likely N-dealkylation sites (N-methyl/N-ethyl adjacent to an activating group) is 1. The largest absolute Gasteiger partial charge is 0.348 e. The van der Waals surface area contributed by atoms with E-state index in [9.17, 15) is 22.8 Å². The summed E-state index contributed by atoms with van der Waals surface area (Å²) in [7, 11) is 3.19. The molecular weight excluding hydrogens is 395 g/mol. The fraction of sp³-hybridized carbons (Fsp3) is 0.364. The van der Waals surface area contributed by atoms with Crippen LogP contribution in [0.2, 0.25) is 0 Å². The quantitative estimate of drug-likeness (QED) is 0.804. The van der Waals surface area contributed by atoms with Gasteiger partial charge in [-0.1, -0.05) is 30.3 Å². The molecule has 5 nitrogen and oxygen atoms in total. The van der Waals surface area contributed by atoms with E-state index in [2.05, 4.69) is 5.73 Å². The van der Waals surface area contributed by atoms with Crippen molar-refractivity contribution in [3.05, 3.63) is 59.7 Å². The number of benzene rings is 2.